The van der Waals surface area contributed by atoms with Crippen LogP contribution in [0.15, 0.2) is 42.5 Å². The van der Waals surface area contributed by atoms with Gasteiger partial charge in [0.25, 0.3) is 5.91 Å². The van der Waals surface area contributed by atoms with E-state index in [1.165, 1.54) is 12.1 Å². The molecule has 0 bridgehead atoms. The summed E-state index contributed by atoms with van der Waals surface area (Å²) in [5, 5.41) is 4.83. The number of hydrogen-bond donors (Lipinski definition) is 2. The summed E-state index contributed by atoms with van der Waals surface area (Å²) in [4.78, 5) is 12.3. The monoisotopic (exact) mass is 345 g/mol. The molecule has 0 saturated carbocycles. The maximum Gasteiger partial charge on any atom is 0.279 e. The Morgan fingerprint density at radius 1 is 1.16 bits per heavy atom. The topological polar surface area (TPSA) is 64.2 Å². The first-order chi connectivity index (χ1) is 12.0. The number of ether oxygens (including phenoxy) is 2. The van der Waals surface area contributed by atoms with Crippen LogP contribution in [0.2, 0.25) is 0 Å². The molecule has 0 aliphatic carbocycles. The Labute approximate surface area is 146 Å². The highest BCUT2D eigenvalue weighted by Gasteiger charge is 2.21. The average Bonchev–Trinajstić information content (AvgIpc) is 3.04. The fourth-order valence-corrected chi connectivity index (χ4v) is 2.90. The lowest BCUT2D eigenvalue weighted by Gasteiger charge is -2.19. The molecule has 1 aliphatic heterocycles. The summed E-state index contributed by atoms with van der Waals surface area (Å²) in [6.45, 7) is 4.64. The minimum atomic E-state index is -0.258. The number of benzene rings is 2. The maximum absolute atomic E-state index is 13.1. The van der Waals surface area contributed by atoms with Crippen molar-refractivity contribution in [3.8, 4) is 11.5 Å². The molecule has 1 aliphatic rings. The Morgan fingerprint density at radius 3 is 2.60 bits per heavy atom. The zero-order valence-electron chi connectivity index (χ0n) is 14.3. The highest BCUT2D eigenvalue weighted by molar-refractivity contribution is 5.91. The van der Waals surface area contributed by atoms with Gasteiger partial charge in [0.15, 0.2) is 18.0 Å². The quantitative estimate of drug-likeness (QED) is 0.845. The molecule has 3 N–H and O–H groups in total. The van der Waals surface area contributed by atoms with E-state index in [4.69, 9.17) is 9.47 Å². The van der Waals surface area contributed by atoms with Gasteiger partial charge in [0, 0.05) is 23.2 Å². The molecule has 25 heavy (non-hydrogen) atoms. The normalized spacial score (nSPS) is 13.8. The molecule has 3 rings (SSSR count). The van der Waals surface area contributed by atoms with Gasteiger partial charge in [-0.25, -0.2) is 4.39 Å². The van der Waals surface area contributed by atoms with E-state index < -0.39 is 0 Å². The van der Waals surface area contributed by atoms with Crippen molar-refractivity contribution in [1.29, 1.82) is 0 Å². The van der Waals surface area contributed by atoms with Crippen LogP contribution >= 0.6 is 0 Å². The van der Waals surface area contributed by atoms with Crippen molar-refractivity contribution < 1.29 is 24.0 Å². The van der Waals surface area contributed by atoms with Gasteiger partial charge >= 0.3 is 0 Å². The van der Waals surface area contributed by atoms with E-state index in [0.29, 0.717) is 23.1 Å². The van der Waals surface area contributed by atoms with Crippen molar-refractivity contribution in [2.24, 2.45) is 5.92 Å². The molecule has 0 radical (unpaired) electrons. The van der Waals surface area contributed by atoms with Crippen molar-refractivity contribution >= 4 is 11.6 Å². The number of halogens is 1. The fourth-order valence-electron chi connectivity index (χ4n) is 2.90. The lowest BCUT2D eigenvalue weighted by atomic mass is 9.96. The summed E-state index contributed by atoms with van der Waals surface area (Å²) < 4.78 is 23.7. The zero-order valence-corrected chi connectivity index (χ0v) is 14.3. The van der Waals surface area contributed by atoms with Crippen LogP contribution in [-0.2, 0) is 4.79 Å². The van der Waals surface area contributed by atoms with Crippen LogP contribution in [0.1, 0.15) is 25.5 Å². The standard InChI is InChI=1S/C19H21FN2O3/c1-12(2)19(13-3-5-14(20)6-4-13)21-10-18(23)22-15-7-8-16-17(9-15)25-11-24-16/h3-9,12,19,21H,10-11H2,1-2H3,(H,22,23)/p+1/t19-/m1/s1. The van der Waals surface area contributed by atoms with Crippen molar-refractivity contribution in [2.75, 3.05) is 18.7 Å². The molecule has 0 spiro atoms. The lowest BCUT2D eigenvalue weighted by Crippen LogP contribution is -2.88. The SMILES string of the molecule is CC(C)[C@@H]([NH2+]CC(=O)Nc1ccc2c(c1)OCO2)c1ccc(F)cc1. The highest BCUT2D eigenvalue weighted by Crippen LogP contribution is 2.34. The van der Waals surface area contributed by atoms with Crippen LogP contribution in [0, 0.1) is 11.7 Å². The summed E-state index contributed by atoms with van der Waals surface area (Å²) in [6.07, 6.45) is 0. The molecule has 1 amide bonds. The Balaban J connectivity index is 1.59. The van der Waals surface area contributed by atoms with Gasteiger partial charge < -0.3 is 20.1 Å². The molecule has 2 aromatic carbocycles. The van der Waals surface area contributed by atoms with Crippen molar-refractivity contribution in [2.45, 2.75) is 19.9 Å². The third-order valence-corrected chi connectivity index (χ3v) is 4.19. The van der Waals surface area contributed by atoms with E-state index in [-0.39, 0.29) is 31.1 Å². The van der Waals surface area contributed by atoms with Crippen LogP contribution < -0.4 is 20.1 Å². The molecule has 1 atom stereocenters. The molecule has 132 valence electrons. The summed E-state index contributed by atoms with van der Waals surface area (Å²) in [7, 11) is 0. The zero-order chi connectivity index (χ0) is 17.8. The van der Waals surface area contributed by atoms with E-state index in [1.807, 2.05) is 5.32 Å². The predicted molar refractivity (Wildman–Crippen MR) is 92.0 cm³/mol. The van der Waals surface area contributed by atoms with Crippen molar-refractivity contribution in [1.82, 2.24) is 0 Å². The molecule has 0 fully saturated rings. The van der Waals surface area contributed by atoms with Gasteiger partial charge in [-0.05, 0) is 24.3 Å². The molecule has 0 unspecified atom stereocenters. The Hall–Kier alpha value is -2.60. The van der Waals surface area contributed by atoms with E-state index in [2.05, 4.69) is 19.2 Å². The van der Waals surface area contributed by atoms with Crippen LogP contribution in [0.3, 0.4) is 0 Å². The summed E-state index contributed by atoms with van der Waals surface area (Å²) in [5.74, 6) is 1.26. The van der Waals surface area contributed by atoms with Gasteiger partial charge in [0.05, 0.1) is 0 Å². The lowest BCUT2D eigenvalue weighted by molar-refractivity contribution is -0.692. The molecule has 2 aromatic rings. The summed E-state index contributed by atoms with van der Waals surface area (Å²) in [5.41, 5.74) is 1.68. The van der Waals surface area contributed by atoms with Gasteiger partial charge in [0.2, 0.25) is 6.79 Å². The number of hydrogen-bond acceptors (Lipinski definition) is 3. The Kier molecular flexibility index (Phi) is 5.19. The third-order valence-electron chi connectivity index (χ3n) is 4.19. The van der Waals surface area contributed by atoms with Gasteiger partial charge in [-0.3, -0.25) is 4.79 Å². The molecule has 1 heterocycles. The number of anilines is 1. The molecule has 6 heteroatoms. The van der Waals surface area contributed by atoms with Gasteiger partial charge in [-0.2, -0.15) is 0 Å². The predicted octanol–water partition coefficient (Wildman–Crippen LogP) is 2.45. The second kappa shape index (κ2) is 7.53. The van der Waals surface area contributed by atoms with Gasteiger partial charge in [0.1, 0.15) is 11.9 Å². The summed E-state index contributed by atoms with van der Waals surface area (Å²) >= 11 is 0. The Bertz CT molecular complexity index is 747. The van der Waals surface area contributed by atoms with Crippen LogP contribution in [0.5, 0.6) is 11.5 Å². The minimum absolute atomic E-state index is 0.0862. The summed E-state index contributed by atoms with van der Waals surface area (Å²) in [6, 6.07) is 11.8. The smallest absolute Gasteiger partial charge is 0.279 e. The number of quaternary nitrogens is 1. The number of carbonyl (C=O) groups is 1. The Morgan fingerprint density at radius 2 is 1.88 bits per heavy atom. The number of nitrogens with two attached hydrogens (primary N) is 1. The van der Waals surface area contributed by atoms with Gasteiger partial charge in [-0.1, -0.05) is 26.0 Å². The first kappa shape index (κ1) is 17.2. The average molecular weight is 345 g/mol. The van der Waals surface area contributed by atoms with Crippen molar-refractivity contribution in [3.63, 3.8) is 0 Å². The molecular formula is C19H22FN2O3+. The number of fused-ring (bicyclic) bond motifs is 1. The number of carbonyl (C=O) groups excluding carboxylic acids is 1. The fraction of sp³-hybridized carbons (Fsp3) is 0.316. The molecule has 0 aromatic heterocycles. The first-order valence-corrected chi connectivity index (χ1v) is 8.31. The van der Waals surface area contributed by atoms with Crippen molar-refractivity contribution in [3.05, 3.63) is 53.8 Å². The molecule has 5 nitrogen and oxygen atoms in total. The van der Waals surface area contributed by atoms with Crippen LogP contribution in [-0.4, -0.2) is 19.2 Å². The molecule has 0 saturated heterocycles. The molecular weight excluding hydrogens is 323 g/mol. The third kappa shape index (κ3) is 4.28. The van der Waals surface area contributed by atoms with Crippen LogP contribution in [0.4, 0.5) is 10.1 Å². The van der Waals surface area contributed by atoms with E-state index in [0.717, 1.165) is 5.56 Å². The number of amides is 1. The van der Waals surface area contributed by atoms with Crippen LogP contribution in [0.25, 0.3) is 0 Å². The second-order valence-corrected chi connectivity index (χ2v) is 6.38. The van der Waals surface area contributed by atoms with Gasteiger partial charge in [-0.15, -0.1) is 0 Å². The number of nitrogens with one attached hydrogen (secondary N) is 1. The number of rotatable bonds is 6. The highest BCUT2D eigenvalue weighted by atomic mass is 19.1. The van der Waals surface area contributed by atoms with E-state index in [9.17, 15) is 9.18 Å². The second-order valence-electron chi connectivity index (χ2n) is 6.38. The minimum Gasteiger partial charge on any atom is -0.454 e. The maximum atomic E-state index is 13.1. The largest absolute Gasteiger partial charge is 0.454 e. The van der Waals surface area contributed by atoms with E-state index in [1.54, 1.807) is 30.3 Å². The van der Waals surface area contributed by atoms with E-state index >= 15 is 0 Å². The first-order valence-electron chi connectivity index (χ1n) is 8.31.